The molecule has 2 rings (SSSR count). The monoisotopic (exact) mass is 281 g/mol. The summed E-state index contributed by atoms with van der Waals surface area (Å²) < 4.78 is 1.95. The third kappa shape index (κ3) is 4.42. The number of rotatable bonds is 3. The molecule has 7 heteroatoms. The van der Waals surface area contributed by atoms with Gasteiger partial charge in [-0.3, -0.25) is 4.68 Å². The number of nitrogens with one attached hydrogen (secondary N) is 1. The van der Waals surface area contributed by atoms with E-state index in [1.165, 1.54) is 36.3 Å². The standard InChI is InChI=1S/C9H15N3.C4H4O4/c1-10-9-7-5-3-4-6-8(7)11-12(9)2;5-3(6)1-2-4(7)8/h10H,3-6H2,1-2H3;1-2H,(H,5,6)(H,7,8)/b;2-1+. The zero-order valence-electron chi connectivity index (χ0n) is 11.6. The van der Waals surface area contributed by atoms with Crippen LogP contribution in [0.25, 0.3) is 0 Å². The van der Waals surface area contributed by atoms with E-state index in [0.29, 0.717) is 12.2 Å². The minimum absolute atomic E-state index is 0.558. The Hall–Kier alpha value is -2.31. The number of fused-ring (bicyclic) bond motifs is 1. The minimum atomic E-state index is -1.26. The van der Waals surface area contributed by atoms with E-state index in [0.717, 1.165) is 6.42 Å². The van der Waals surface area contributed by atoms with Crippen LogP contribution in [0.3, 0.4) is 0 Å². The number of aryl methyl sites for hydroxylation is 2. The van der Waals surface area contributed by atoms with Crippen LogP contribution in [0.4, 0.5) is 5.82 Å². The van der Waals surface area contributed by atoms with Crippen molar-refractivity contribution in [2.24, 2.45) is 7.05 Å². The molecule has 1 heterocycles. The zero-order chi connectivity index (χ0) is 15.1. The molecule has 0 aliphatic heterocycles. The van der Waals surface area contributed by atoms with Crippen molar-refractivity contribution in [1.29, 1.82) is 0 Å². The lowest BCUT2D eigenvalue weighted by Gasteiger charge is -2.10. The van der Waals surface area contributed by atoms with E-state index in [9.17, 15) is 9.59 Å². The van der Waals surface area contributed by atoms with Gasteiger partial charge in [0.1, 0.15) is 5.82 Å². The van der Waals surface area contributed by atoms with Crippen LogP contribution < -0.4 is 5.32 Å². The molecule has 0 saturated heterocycles. The fraction of sp³-hybridized carbons (Fsp3) is 0.462. The van der Waals surface area contributed by atoms with Crippen molar-refractivity contribution in [2.75, 3.05) is 12.4 Å². The molecule has 0 unspecified atom stereocenters. The highest BCUT2D eigenvalue weighted by atomic mass is 16.4. The van der Waals surface area contributed by atoms with Gasteiger partial charge in [0.05, 0.1) is 5.69 Å². The summed E-state index contributed by atoms with van der Waals surface area (Å²) in [6.45, 7) is 0. The minimum Gasteiger partial charge on any atom is -0.478 e. The number of carboxylic acid groups (broad SMARTS) is 2. The van der Waals surface area contributed by atoms with Crippen molar-refractivity contribution < 1.29 is 19.8 Å². The normalized spacial score (nSPS) is 13.3. The first kappa shape index (κ1) is 15.7. The molecule has 1 aromatic rings. The highest BCUT2D eigenvalue weighted by molar-refractivity contribution is 5.89. The van der Waals surface area contributed by atoms with Gasteiger partial charge < -0.3 is 15.5 Å². The summed E-state index contributed by atoms with van der Waals surface area (Å²) in [5.74, 6) is -1.32. The highest BCUT2D eigenvalue weighted by Crippen LogP contribution is 2.26. The van der Waals surface area contributed by atoms with Gasteiger partial charge in [0.15, 0.2) is 0 Å². The van der Waals surface area contributed by atoms with Crippen molar-refractivity contribution in [3.8, 4) is 0 Å². The maximum atomic E-state index is 9.55. The molecule has 7 nitrogen and oxygen atoms in total. The molecule has 0 atom stereocenters. The number of aromatic nitrogens is 2. The summed E-state index contributed by atoms with van der Waals surface area (Å²) >= 11 is 0. The van der Waals surface area contributed by atoms with Crippen molar-refractivity contribution in [1.82, 2.24) is 9.78 Å². The van der Waals surface area contributed by atoms with Crippen molar-refractivity contribution in [3.05, 3.63) is 23.4 Å². The molecule has 20 heavy (non-hydrogen) atoms. The molecule has 0 saturated carbocycles. The van der Waals surface area contributed by atoms with E-state index in [1.54, 1.807) is 0 Å². The van der Waals surface area contributed by atoms with E-state index in [1.807, 2.05) is 18.8 Å². The average molecular weight is 281 g/mol. The van der Waals surface area contributed by atoms with Crippen LogP contribution in [-0.4, -0.2) is 39.0 Å². The number of aliphatic carboxylic acids is 2. The lowest BCUT2D eigenvalue weighted by atomic mass is 9.98. The fourth-order valence-electron chi connectivity index (χ4n) is 2.14. The molecule has 1 aromatic heterocycles. The van der Waals surface area contributed by atoms with Crippen LogP contribution >= 0.6 is 0 Å². The maximum absolute atomic E-state index is 9.55. The number of hydrogen-bond donors (Lipinski definition) is 3. The molecule has 0 bridgehead atoms. The van der Waals surface area contributed by atoms with E-state index < -0.39 is 11.9 Å². The zero-order valence-corrected chi connectivity index (χ0v) is 11.6. The average Bonchev–Trinajstić information content (AvgIpc) is 2.72. The summed E-state index contributed by atoms with van der Waals surface area (Å²) in [7, 11) is 3.97. The van der Waals surface area contributed by atoms with Crippen molar-refractivity contribution in [3.63, 3.8) is 0 Å². The first-order valence-electron chi connectivity index (χ1n) is 6.32. The Balaban J connectivity index is 0.000000221. The number of carboxylic acids is 2. The van der Waals surface area contributed by atoms with Gasteiger partial charge in [-0.2, -0.15) is 5.10 Å². The Bertz CT molecular complexity index is 504. The lowest BCUT2D eigenvalue weighted by molar-refractivity contribution is -0.134. The van der Waals surface area contributed by atoms with E-state index >= 15 is 0 Å². The van der Waals surface area contributed by atoms with E-state index in [-0.39, 0.29) is 0 Å². The van der Waals surface area contributed by atoms with Gasteiger partial charge in [-0.1, -0.05) is 0 Å². The number of nitrogens with zero attached hydrogens (tertiary/aromatic N) is 2. The van der Waals surface area contributed by atoms with E-state index in [4.69, 9.17) is 10.2 Å². The summed E-state index contributed by atoms with van der Waals surface area (Å²) in [4.78, 5) is 19.1. The topological polar surface area (TPSA) is 104 Å². The van der Waals surface area contributed by atoms with Crippen LogP contribution in [0, 0.1) is 0 Å². The lowest BCUT2D eigenvalue weighted by Crippen LogP contribution is -2.03. The predicted molar refractivity (Wildman–Crippen MR) is 73.8 cm³/mol. The van der Waals surface area contributed by atoms with Gasteiger partial charge in [0.2, 0.25) is 0 Å². The van der Waals surface area contributed by atoms with Gasteiger partial charge in [-0.25, -0.2) is 9.59 Å². The Morgan fingerprint density at radius 2 is 1.75 bits per heavy atom. The smallest absolute Gasteiger partial charge is 0.328 e. The second kappa shape index (κ2) is 7.32. The molecule has 0 aromatic carbocycles. The van der Waals surface area contributed by atoms with Crippen LogP contribution in [0.1, 0.15) is 24.1 Å². The molecule has 110 valence electrons. The van der Waals surface area contributed by atoms with E-state index in [2.05, 4.69) is 10.4 Å². The van der Waals surface area contributed by atoms with Gasteiger partial charge in [0.25, 0.3) is 0 Å². The van der Waals surface area contributed by atoms with Crippen LogP contribution in [-0.2, 0) is 29.5 Å². The SMILES string of the molecule is CNc1c2c(nn1C)CCCC2.O=C(O)/C=C/C(=O)O. The molecule has 0 fully saturated rings. The van der Waals surface area contributed by atoms with Crippen molar-refractivity contribution in [2.45, 2.75) is 25.7 Å². The predicted octanol–water partition coefficient (Wildman–Crippen LogP) is 1.05. The maximum Gasteiger partial charge on any atom is 0.328 e. The summed E-state index contributed by atoms with van der Waals surface area (Å²) in [5.41, 5.74) is 2.74. The molecular weight excluding hydrogens is 262 g/mol. The molecular formula is C13H19N3O4. The Morgan fingerprint density at radius 3 is 2.25 bits per heavy atom. The third-order valence-corrected chi connectivity index (χ3v) is 2.92. The molecule has 1 aliphatic carbocycles. The largest absolute Gasteiger partial charge is 0.478 e. The molecule has 0 radical (unpaired) electrons. The molecule has 0 amide bonds. The van der Waals surface area contributed by atoms with Gasteiger partial charge in [0, 0.05) is 31.8 Å². The molecule has 1 aliphatic rings. The Morgan fingerprint density at radius 1 is 1.20 bits per heavy atom. The first-order valence-corrected chi connectivity index (χ1v) is 6.32. The fourth-order valence-corrected chi connectivity index (χ4v) is 2.14. The van der Waals surface area contributed by atoms with Crippen molar-refractivity contribution >= 4 is 17.8 Å². The quantitative estimate of drug-likeness (QED) is 0.715. The van der Waals surface area contributed by atoms with Crippen LogP contribution in [0.15, 0.2) is 12.2 Å². The highest BCUT2D eigenvalue weighted by Gasteiger charge is 2.17. The summed E-state index contributed by atoms with van der Waals surface area (Å²) in [6.07, 6.45) is 6.08. The van der Waals surface area contributed by atoms with Crippen LogP contribution in [0.2, 0.25) is 0 Å². The van der Waals surface area contributed by atoms with Gasteiger partial charge >= 0.3 is 11.9 Å². The molecule has 3 N–H and O–H groups in total. The van der Waals surface area contributed by atoms with Crippen LogP contribution in [0.5, 0.6) is 0 Å². The second-order valence-corrected chi connectivity index (χ2v) is 4.36. The number of carbonyl (C=O) groups is 2. The third-order valence-electron chi connectivity index (χ3n) is 2.92. The Kier molecular flexibility index (Phi) is 5.76. The summed E-state index contributed by atoms with van der Waals surface area (Å²) in [5, 5.41) is 23.3. The van der Waals surface area contributed by atoms with Gasteiger partial charge in [-0.05, 0) is 25.7 Å². The first-order chi connectivity index (χ1) is 9.45. The number of anilines is 1. The summed E-state index contributed by atoms with van der Waals surface area (Å²) in [6, 6.07) is 0. The number of hydrogen-bond acceptors (Lipinski definition) is 4. The molecule has 0 spiro atoms. The van der Waals surface area contributed by atoms with Gasteiger partial charge in [-0.15, -0.1) is 0 Å². The Labute approximate surface area is 116 Å². The second-order valence-electron chi connectivity index (χ2n) is 4.36.